The number of carbonyl (C=O) groups excluding carboxylic acids is 1. The van der Waals surface area contributed by atoms with E-state index < -0.39 is 16.3 Å². The summed E-state index contributed by atoms with van der Waals surface area (Å²) in [4.78, 5) is 11.3. The van der Waals surface area contributed by atoms with Crippen molar-refractivity contribution in [2.24, 2.45) is 11.3 Å². The van der Waals surface area contributed by atoms with Crippen LogP contribution in [0.3, 0.4) is 0 Å². The molecule has 1 N–H and O–H groups in total. The average molecular weight is 251 g/mol. The van der Waals surface area contributed by atoms with Gasteiger partial charge in [0.2, 0.25) is 0 Å². The zero-order chi connectivity index (χ0) is 10.8. The molecule has 2 atom stereocenters. The monoisotopic (exact) mass is 250 g/mol. The number of aliphatic hydroxyl groups is 1. The van der Waals surface area contributed by atoms with Gasteiger partial charge < -0.3 is 5.11 Å². The van der Waals surface area contributed by atoms with Gasteiger partial charge >= 0.3 is 0 Å². The van der Waals surface area contributed by atoms with Gasteiger partial charge in [-0.25, -0.2) is 0 Å². The molecule has 0 fully saturated rings. The number of ketones is 1. The molecule has 0 aliphatic rings. The van der Waals surface area contributed by atoms with E-state index >= 15 is 0 Å². The molecule has 0 amide bonds. The van der Waals surface area contributed by atoms with Crippen LogP contribution in [-0.2, 0) is 4.79 Å². The summed E-state index contributed by atoms with van der Waals surface area (Å²) in [7, 11) is 0. The molecule has 0 bridgehead atoms. The highest BCUT2D eigenvalue weighted by molar-refractivity contribution is 9.10. The van der Waals surface area contributed by atoms with Crippen LogP contribution in [0.15, 0.2) is 0 Å². The number of hydrogen-bond donors (Lipinski definition) is 1. The molecule has 0 aromatic rings. The van der Waals surface area contributed by atoms with Crippen molar-refractivity contribution in [3.8, 4) is 0 Å². The lowest BCUT2D eigenvalue weighted by Crippen LogP contribution is -2.39. The molecule has 3 heteroatoms. The SMILES string of the molecule is CC(C)[C@H](O)[C@@H](Br)C(=O)C(C)(C)C. The Hall–Kier alpha value is 0.110. The first-order valence-corrected chi connectivity index (χ1v) is 5.46. The fraction of sp³-hybridized carbons (Fsp3) is 0.900. The van der Waals surface area contributed by atoms with Gasteiger partial charge in [0.25, 0.3) is 0 Å². The van der Waals surface area contributed by atoms with Crippen LogP contribution in [0.1, 0.15) is 34.6 Å². The van der Waals surface area contributed by atoms with Crippen molar-refractivity contribution in [3.05, 3.63) is 0 Å². The van der Waals surface area contributed by atoms with Crippen molar-refractivity contribution in [3.63, 3.8) is 0 Å². The highest BCUT2D eigenvalue weighted by Gasteiger charge is 2.33. The Labute approximate surface area is 88.8 Å². The van der Waals surface area contributed by atoms with Gasteiger partial charge in [-0.2, -0.15) is 0 Å². The second-order valence-corrected chi connectivity index (χ2v) is 5.74. The molecule has 0 saturated heterocycles. The Morgan fingerprint density at radius 3 is 1.92 bits per heavy atom. The summed E-state index contributed by atoms with van der Waals surface area (Å²) in [6, 6.07) is 0. The highest BCUT2D eigenvalue weighted by atomic mass is 79.9. The first kappa shape index (κ1) is 13.1. The minimum Gasteiger partial charge on any atom is -0.391 e. The van der Waals surface area contributed by atoms with Crippen LogP contribution in [0.5, 0.6) is 0 Å². The summed E-state index contributed by atoms with van der Waals surface area (Å²) in [6.45, 7) is 9.37. The van der Waals surface area contributed by atoms with Crippen LogP contribution in [-0.4, -0.2) is 21.8 Å². The van der Waals surface area contributed by atoms with Gasteiger partial charge in [-0.05, 0) is 5.92 Å². The number of carbonyl (C=O) groups is 1. The molecule has 13 heavy (non-hydrogen) atoms. The van der Waals surface area contributed by atoms with Gasteiger partial charge in [0.1, 0.15) is 0 Å². The van der Waals surface area contributed by atoms with E-state index in [9.17, 15) is 9.90 Å². The lowest BCUT2D eigenvalue weighted by molar-refractivity contribution is -0.127. The molecule has 0 aromatic heterocycles. The number of alkyl halides is 1. The van der Waals surface area contributed by atoms with Gasteiger partial charge in [0.05, 0.1) is 10.9 Å². The van der Waals surface area contributed by atoms with Gasteiger partial charge in [-0.1, -0.05) is 50.5 Å². The van der Waals surface area contributed by atoms with E-state index in [1.165, 1.54) is 0 Å². The Morgan fingerprint density at radius 1 is 1.31 bits per heavy atom. The van der Waals surface area contributed by atoms with E-state index in [1.807, 2.05) is 34.6 Å². The molecule has 2 nitrogen and oxygen atoms in total. The Balaban J connectivity index is 4.44. The van der Waals surface area contributed by atoms with E-state index in [1.54, 1.807) is 0 Å². The molecule has 0 unspecified atom stereocenters. The molecule has 0 spiro atoms. The number of aliphatic hydroxyl groups excluding tert-OH is 1. The molecule has 0 radical (unpaired) electrons. The summed E-state index contributed by atoms with van der Waals surface area (Å²) < 4.78 is 0. The number of hydrogen-bond acceptors (Lipinski definition) is 2. The van der Waals surface area contributed by atoms with Crippen LogP contribution < -0.4 is 0 Å². The second-order valence-electron chi connectivity index (χ2n) is 4.75. The fourth-order valence-electron chi connectivity index (χ4n) is 0.907. The molecule has 0 rings (SSSR count). The van der Waals surface area contributed by atoms with Gasteiger partial charge in [-0.3, -0.25) is 4.79 Å². The first-order valence-electron chi connectivity index (χ1n) is 4.54. The molecule has 0 aromatic carbocycles. The molecule has 0 heterocycles. The van der Waals surface area contributed by atoms with Crippen molar-refractivity contribution in [1.29, 1.82) is 0 Å². The quantitative estimate of drug-likeness (QED) is 0.782. The minimum atomic E-state index is -0.605. The van der Waals surface area contributed by atoms with E-state index in [-0.39, 0.29) is 11.7 Å². The third kappa shape index (κ3) is 3.77. The van der Waals surface area contributed by atoms with Crippen LogP contribution >= 0.6 is 15.9 Å². The van der Waals surface area contributed by atoms with Gasteiger partial charge in [-0.15, -0.1) is 0 Å². The van der Waals surface area contributed by atoms with Gasteiger partial charge in [0.15, 0.2) is 5.78 Å². The van der Waals surface area contributed by atoms with Crippen LogP contribution in [0.4, 0.5) is 0 Å². The Bertz CT molecular complexity index is 182. The smallest absolute Gasteiger partial charge is 0.154 e. The molecule has 0 aliphatic carbocycles. The van der Waals surface area contributed by atoms with E-state index in [0.29, 0.717) is 0 Å². The maximum atomic E-state index is 11.7. The standard InChI is InChI=1S/C10H19BrO2/c1-6(2)8(12)7(11)9(13)10(3,4)5/h6-8,12H,1-5H3/t7-,8+/m1/s1. The normalized spacial score (nSPS) is 17.2. The Morgan fingerprint density at radius 2 is 1.69 bits per heavy atom. The van der Waals surface area contributed by atoms with Crippen molar-refractivity contribution >= 4 is 21.7 Å². The minimum absolute atomic E-state index is 0.0497. The van der Waals surface area contributed by atoms with E-state index in [4.69, 9.17) is 0 Å². The van der Waals surface area contributed by atoms with Crippen molar-refractivity contribution in [2.75, 3.05) is 0 Å². The second kappa shape index (κ2) is 4.56. The summed E-state index contributed by atoms with van der Waals surface area (Å²) in [5.74, 6) is 0.143. The van der Waals surface area contributed by atoms with Crippen LogP contribution in [0, 0.1) is 11.3 Å². The highest BCUT2D eigenvalue weighted by Crippen LogP contribution is 2.25. The predicted octanol–water partition coefficient (Wildman–Crippen LogP) is 2.38. The van der Waals surface area contributed by atoms with Crippen LogP contribution in [0.25, 0.3) is 0 Å². The molecule has 0 saturated carbocycles. The number of rotatable bonds is 3. The zero-order valence-corrected chi connectivity index (χ0v) is 10.6. The maximum absolute atomic E-state index is 11.7. The molecular weight excluding hydrogens is 232 g/mol. The van der Waals surface area contributed by atoms with Crippen LogP contribution in [0.2, 0.25) is 0 Å². The van der Waals surface area contributed by atoms with Gasteiger partial charge in [0, 0.05) is 5.41 Å². The van der Waals surface area contributed by atoms with E-state index in [0.717, 1.165) is 0 Å². The zero-order valence-electron chi connectivity index (χ0n) is 8.97. The lowest BCUT2D eigenvalue weighted by atomic mass is 9.86. The maximum Gasteiger partial charge on any atom is 0.154 e. The molecular formula is C10H19BrO2. The molecule has 0 aliphatic heterocycles. The third-order valence-electron chi connectivity index (χ3n) is 1.97. The Kier molecular flexibility index (Phi) is 4.60. The number of Topliss-reactive ketones (excluding diaryl/α,β-unsaturated/α-hetero) is 1. The topological polar surface area (TPSA) is 37.3 Å². The summed E-state index contributed by atoms with van der Waals surface area (Å²) in [5, 5.41) is 9.66. The average Bonchev–Trinajstić information content (AvgIpc) is 1.98. The summed E-state index contributed by atoms with van der Waals surface area (Å²) >= 11 is 3.25. The third-order valence-corrected chi connectivity index (χ3v) is 2.93. The van der Waals surface area contributed by atoms with E-state index in [2.05, 4.69) is 15.9 Å². The van der Waals surface area contributed by atoms with Crippen molar-refractivity contribution in [2.45, 2.75) is 45.5 Å². The summed E-state index contributed by atoms with van der Waals surface area (Å²) in [5.41, 5.74) is -0.399. The predicted molar refractivity (Wildman–Crippen MR) is 58.0 cm³/mol. The largest absolute Gasteiger partial charge is 0.391 e. The van der Waals surface area contributed by atoms with Crippen molar-refractivity contribution in [1.82, 2.24) is 0 Å². The fourth-order valence-corrected chi connectivity index (χ4v) is 2.20. The summed E-state index contributed by atoms with van der Waals surface area (Å²) in [6.07, 6.45) is -0.605. The molecule has 78 valence electrons. The lowest BCUT2D eigenvalue weighted by Gasteiger charge is -2.26. The number of halogens is 1. The first-order chi connectivity index (χ1) is 5.68. The van der Waals surface area contributed by atoms with Crippen molar-refractivity contribution < 1.29 is 9.90 Å².